The Morgan fingerprint density at radius 3 is 2.50 bits per heavy atom. The summed E-state index contributed by atoms with van der Waals surface area (Å²) < 4.78 is 26.5. The molecule has 1 unspecified atom stereocenters. The van der Waals surface area contributed by atoms with Gasteiger partial charge in [-0.25, -0.2) is 8.78 Å². The summed E-state index contributed by atoms with van der Waals surface area (Å²) in [6, 6.07) is 4.09. The largest absolute Gasteiger partial charge is 0.313 e. The van der Waals surface area contributed by atoms with E-state index in [9.17, 15) is 8.78 Å². The molecule has 1 N–H and O–H groups in total. The first-order valence-corrected chi connectivity index (χ1v) is 7.29. The van der Waals surface area contributed by atoms with Gasteiger partial charge in [-0.15, -0.1) is 11.8 Å². The van der Waals surface area contributed by atoms with Gasteiger partial charge in [0.25, 0.3) is 0 Å². The van der Waals surface area contributed by atoms with Crippen LogP contribution in [0.2, 0.25) is 0 Å². The van der Waals surface area contributed by atoms with Gasteiger partial charge in [0.15, 0.2) is 0 Å². The molecule has 102 valence electrons. The Kier molecular flexibility index (Phi) is 6.65. The number of hydrogen-bond donors (Lipinski definition) is 1. The molecule has 0 radical (unpaired) electrons. The van der Waals surface area contributed by atoms with Crippen LogP contribution in [-0.4, -0.2) is 17.8 Å². The highest BCUT2D eigenvalue weighted by molar-refractivity contribution is 8.00. The predicted molar refractivity (Wildman–Crippen MR) is 74.0 cm³/mol. The van der Waals surface area contributed by atoms with Gasteiger partial charge in [0.1, 0.15) is 11.6 Å². The molecular weight excluding hydrogens is 252 g/mol. The topological polar surface area (TPSA) is 12.0 Å². The molecule has 1 aromatic carbocycles. The zero-order valence-corrected chi connectivity index (χ0v) is 12.0. The monoisotopic (exact) mass is 273 g/mol. The summed E-state index contributed by atoms with van der Waals surface area (Å²) in [5, 5.41) is 3.65. The van der Waals surface area contributed by atoms with Crippen LogP contribution in [0.3, 0.4) is 0 Å². The van der Waals surface area contributed by atoms with E-state index in [2.05, 4.69) is 19.2 Å². The van der Waals surface area contributed by atoms with Gasteiger partial charge in [0.05, 0.1) is 0 Å². The predicted octanol–water partition coefficient (Wildman–Crippen LogP) is 4.22. The molecule has 4 heteroatoms. The Balaban J connectivity index is 2.48. The van der Waals surface area contributed by atoms with Crippen LogP contribution in [0.5, 0.6) is 0 Å². The van der Waals surface area contributed by atoms with Crippen LogP contribution in [0.1, 0.15) is 33.6 Å². The average Bonchev–Trinajstić information content (AvgIpc) is 2.35. The van der Waals surface area contributed by atoms with Crippen molar-refractivity contribution < 1.29 is 8.78 Å². The zero-order valence-electron chi connectivity index (χ0n) is 11.2. The van der Waals surface area contributed by atoms with Crippen molar-refractivity contribution in [3.8, 4) is 0 Å². The SMILES string of the molecule is CCC(CC)NCC(C)Sc1cc(F)ccc1F. The summed E-state index contributed by atoms with van der Waals surface area (Å²) in [7, 11) is 0. The molecule has 0 aliphatic rings. The van der Waals surface area contributed by atoms with E-state index in [-0.39, 0.29) is 16.9 Å². The molecule has 1 aromatic rings. The van der Waals surface area contributed by atoms with E-state index in [0.29, 0.717) is 10.9 Å². The van der Waals surface area contributed by atoms with Crippen molar-refractivity contribution in [3.63, 3.8) is 0 Å². The Bertz CT molecular complexity index is 367. The average molecular weight is 273 g/mol. The highest BCUT2D eigenvalue weighted by atomic mass is 32.2. The summed E-state index contributed by atoms with van der Waals surface area (Å²) in [5.74, 6) is -0.741. The summed E-state index contributed by atoms with van der Waals surface area (Å²) in [5.41, 5.74) is 0. The lowest BCUT2D eigenvalue weighted by Crippen LogP contribution is -2.32. The standard InChI is InChI=1S/C14H21F2NS/c1-4-12(5-2)17-9-10(3)18-14-8-11(15)6-7-13(14)16/h6-8,10,12,17H,4-5,9H2,1-3H3. The van der Waals surface area contributed by atoms with E-state index >= 15 is 0 Å². The minimum Gasteiger partial charge on any atom is -0.313 e. The fraction of sp³-hybridized carbons (Fsp3) is 0.571. The van der Waals surface area contributed by atoms with Crippen LogP contribution < -0.4 is 5.32 Å². The van der Waals surface area contributed by atoms with Crippen molar-refractivity contribution in [3.05, 3.63) is 29.8 Å². The molecule has 0 heterocycles. The van der Waals surface area contributed by atoms with Crippen LogP contribution in [-0.2, 0) is 0 Å². The lowest BCUT2D eigenvalue weighted by molar-refractivity contribution is 0.487. The van der Waals surface area contributed by atoms with Gasteiger partial charge in [-0.2, -0.15) is 0 Å². The van der Waals surface area contributed by atoms with Crippen LogP contribution in [0, 0.1) is 11.6 Å². The maximum Gasteiger partial charge on any atom is 0.136 e. The second-order valence-electron chi connectivity index (χ2n) is 4.42. The zero-order chi connectivity index (χ0) is 13.5. The van der Waals surface area contributed by atoms with E-state index in [1.807, 2.05) is 6.92 Å². The van der Waals surface area contributed by atoms with E-state index < -0.39 is 0 Å². The van der Waals surface area contributed by atoms with Crippen molar-refractivity contribution in [2.75, 3.05) is 6.54 Å². The molecule has 0 saturated heterocycles. The van der Waals surface area contributed by atoms with E-state index in [4.69, 9.17) is 0 Å². The number of nitrogens with one attached hydrogen (secondary N) is 1. The Labute approximate surface area is 112 Å². The van der Waals surface area contributed by atoms with E-state index in [1.165, 1.54) is 23.9 Å². The first kappa shape index (κ1) is 15.4. The lowest BCUT2D eigenvalue weighted by atomic mass is 10.2. The lowest BCUT2D eigenvalue weighted by Gasteiger charge is -2.18. The van der Waals surface area contributed by atoms with Crippen molar-refractivity contribution >= 4 is 11.8 Å². The Hall–Kier alpha value is -0.610. The first-order valence-electron chi connectivity index (χ1n) is 6.41. The molecular formula is C14H21F2NS. The molecule has 1 rings (SSSR count). The third-order valence-corrected chi connectivity index (χ3v) is 4.04. The highest BCUT2D eigenvalue weighted by Crippen LogP contribution is 2.26. The fourth-order valence-corrected chi connectivity index (χ4v) is 2.71. The first-order chi connectivity index (χ1) is 8.56. The van der Waals surface area contributed by atoms with Crippen LogP contribution in [0.25, 0.3) is 0 Å². The minimum atomic E-state index is -0.390. The number of benzene rings is 1. The number of thioether (sulfide) groups is 1. The molecule has 0 bridgehead atoms. The van der Waals surface area contributed by atoms with Crippen molar-refractivity contribution in [1.82, 2.24) is 5.32 Å². The number of halogens is 2. The molecule has 1 nitrogen and oxygen atoms in total. The smallest absolute Gasteiger partial charge is 0.136 e. The molecule has 0 aliphatic heterocycles. The van der Waals surface area contributed by atoms with Gasteiger partial charge < -0.3 is 5.32 Å². The van der Waals surface area contributed by atoms with Crippen LogP contribution in [0.15, 0.2) is 23.1 Å². The number of hydrogen-bond acceptors (Lipinski definition) is 2. The van der Waals surface area contributed by atoms with Gasteiger partial charge in [-0.3, -0.25) is 0 Å². The molecule has 0 saturated carbocycles. The summed E-state index contributed by atoms with van der Waals surface area (Å²) in [6.45, 7) is 7.10. The summed E-state index contributed by atoms with van der Waals surface area (Å²) in [6.07, 6.45) is 2.17. The Morgan fingerprint density at radius 2 is 1.89 bits per heavy atom. The Morgan fingerprint density at radius 1 is 1.22 bits per heavy atom. The van der Waals surface area contributed by atoms with E-state index in [1.54, 1.807) is 0 Å². The molecule has 0 aromatic heterocycles. The van der Waals surface area contributed by atoms with Crippen LogP contribution >= 0.6 is 11.8 Å². The maximum atomic E-state index is 13.5. The van der Waals surface area contributed by atoms with E-state index in [0.717, 1.165) is 25.5 Å². The second-order valence-corrected chi connectivity index (χ2v) is 5.91. The third kappa shape index (κ3) is 4.94. The van der Waals surface area contributed by atoms with Gasteiger partial charge >= 0.3 is 0 Å². The van der Waals surface area contributed by atoms with Gasteiger partial charge in [0.2, 0.25) is 0 Å². The highest BCUT2D eigenvalue weighted by Gasteiger charge is 2.11. The molecule has 0 fully saturated rings. The normalized spacial score (nSPS) is 13.0. The molecule has 18 heavy (non-hydrogen) atoms. The maximum absolute atomic E-state index is 13.5. The van der Waals surface area contributed by atoms with Crippen molar-refractivity contribution in [1.29, 1.82) is 0 Å². The third-order valence-electron chi connectivity index (χ3n) is 2.90. The molecule has 0 amide bonds. The second kappa shape index (κ2) is 7.74. The van der Waals surface area contributed by atoms with Crippen molar-refractivity contribution in [2.24, 2.45) is 0 Å². The summed E-state index contributed by atoms with van der Waals surface area (Å²) in [4.78, 5) is 0.383. The van der Waals surface area contributed by atoms with Crippen LogP contribution in [0.4, 0.5) is 8.78 Å². The molecule has 1 atom stereocenters. The fourth-order valence-electron chi connectivity index (χ4n) is 1.74. The van der Waals surface area contributed by atoms with Gasteiger partial charge in [-0.05, 0) is 31.0 Å². The van der Waals surface area contributed by atoms with Gasteiger partial charge in [0, 0.05) is 22.7 Å². The number of rotatable bonds is 7. The van der Waals surface area contributed by atoms with Crippen molar-refractivity contribution in [2.45, 2.75) is 49.8 Å². The summed E-state index contributed by atoms with van der Waals surface area (Å²) >= 11 is 1.37. The minimum absolute atomic E-state index is 0.210. The quantitative estimate of drug-likeness (QED) is 0.746. The van der Waals surface area contributed by atoms with Gasteiger partial charge in [-0.1, -0.05) is 20.8 Å². The molecule has 0 aliphatic carbocycles. The molecule has 0 spiro atoms.